The van der Waals surface area contributed by atoms with E-state index in [0.717, 1.165) is 44.7 Å². The fourth-order valence-corrected chi connectivity index (χ4v) is 2.84. The lowest BCUT2D eigenvalue weighted by Gasteiger charge is -2.35. The zero-order valence-electron chi connectivity index (χ0n) is 13.5. The van der Waals surface area contributed by atoms with Crippen molar-refractivity contribution in [3.8, 4) is 0 Å². The lowest BCUT2D eigenvalue weighted by molar-refractivity contribution is -0.133. The predicted octanol–water partition coefficient (Wildman–Crippen LogP) is 2.57. The van der Waals surface area contributed by atoms with Gasteiger partial charge in [-0.1, -0.05) is 13.8 Å². The first-order valence-electron chi connectivity index (χ1n) is 8.14. The normalized spacial score (nSPS) is 18.5. The molecule has 1 aromatic rings. The van der Waals surface area contributed by atoms with Gasteiger partial charge in [0, 0.05) is 24.8 Å². The summed E-state index contributed by atoms with van der Waals surface area (Å²) in [6.07, 6.45) is 2.04. The van der Waals surface area contributed by atoms with Gasteiger partial charge in [-0.3, -0.25) is 9.69 Å². The van der Waals surface area contributed by atoms with Gasteiger partial charge in [-0.2, -0.15) is 0 Å². The molecule has 1 amide bonds. The van der Waals surface area contributed by atoms with Crippen LogP contribution < -0.4 is 5.32 Å². The second-order valence-corrected chi connectivity index (χ2v) is 5.79. The average Bonchev–Trinajstić information content (AvgIpc) is 2.55. The molecule has 5 heteroatoms. The first-order chi connectivity index (χ1) is 10.6. The van der Waals surface area contributed by atoms with Gasteiger partial charge in [0.15, 0.2) is 0 Å². The number of hydrogen-bond donors (Lipinski definition) is 1. The summed E-state index contributed by atoms with van der Waals surface area (Å²) >= 11 is 0. The van der Waals surface area contributed by atoms with E-state index in [1.54, 1.807) is 12.1 Å². The fourth-order valence-electron chi connectivity index (χ4n) is 2.84. The summed E-state index contributed by atoms with van der Waals surface area (Å²) in [6, 6.07) is 6.63. The molecule has 0 spiro atoms. The molecule has 0 radical (unpaired) electrons. The van der Waals surface area contributed by atoms with Crippen LogP contribution in [0.2, 0.25) is 0 Å². The van der Waals surface area contributed by atoms with Crippen LogP contribution in [0.5, 0.6) is 0 Å². The zero-order chi connectivity index (χ0) is 15.9. The summed E-state index contributed by atoms with van der Waals surface area (Å²) < 4.78 is 12.9. The first kappa shape index (κ1) is 16.7. The monoisotopic (exact) mass is 307 g/mol. The number of likely N-dealkylation sites (tertiary alicyclic amines) is 1. The maximum absolute atomic E-state index is 12.9. The van der Waals surface area contributed by atoms with Crippen LogP contribution in [0.3, 0.4) is 0 Å². The molecule has 0 aromatic heterocycles. The number of carbonyl (C=O) groups is 1. The Morgan fingerprint density at radius 3 is 2.64 bits per heavy atom. The number of amides is 1. The molecule has 0 aliphatic carbocycles. The van der Waals surface area contributed by atoms with Crippen molar-refractivity contribution in [1.82, 2.24) is 9.80 Å². The summed E-state index contributed by atoms with van der Waals surface area (Å²) in [5.41, 5.74) is 0.907. The highest BCUT2D eigenvalue weighted by atomic mass is 19.1. The van der Waals surface area contributed by atoms with Crippen LogP contribution >= 0.6 is 0 Å². The molecule has 1 heterocycles. The van der Waals surface area contributed by atoms with E-state index in [2.05, 4.69) is 24.1 Å². The van der Waals surface area contributed by atoms with Crippen LogP contribution in [0.25, 0.3) is 0 Å². The molecule has 2 rings (SSSR count). The SMILES string of the molecule is CCN(CC)CC(=O)N1CCCC(Nc2ccc(F)cc2)C1. The van der Waals surface area contributed by atoms with Crippen molar-refractivity contribution in [2.24, 2.45) is 0 Å². The van der Waals surface area contributed by atoms with Gasteiger partial charge < -0.3 is 10.2 Å². The Labute approximate surface area is 132 Å². The van der Waals surface area contributed by atoms with Gasteiger partial charge in [0.25, 0.3) is 0 Å². The van der Waals surface area contributed by atoms with Gasteiger partial charge in [-0.15, -0.1) is 0 Å². The molecular weight excluding hydrogens is 281 g/mol. The molecule has 1 atom stereocenters. The molecule has 0 bridgehead atoms. The maximum Gasteiger partial charge on any atom is 0.236 e. The Morgan fingerprint density at radius 1 is 1.32 bits per heavy atom. The van der Waals surface area contributed by atoms with Crippen LogP contribution in [0.4, 0.5) is 10.1 Å². The van der Waals surface area contributed by atoms with E-state index < -0.39 is 0 Å². The molecule has 1 saturated heterocycles. The third-order valence-electron chi connectivity index (χ3n) is 4.24. The van der Waals surface area contributed by atoms with Gasteiger partial charge in [0.05, 0.1) is 6.54 Å². The summed E-state index contributed by atoms with van der Waals surface area (Å²) in [7, 11) is 0. The van der Waals surface area contributed by atoms with E-state index in [1.165, 1.54) is 12.1 Å². The lowest BCUT2D eigenvalue weighted by atomic mass is 10.1. The number of hydrogen-bond acceptors (Lipinski definition) is 3. The molecule has 22 heavy (non-hydrogen) atoms. The number of nitrogens with one attached hydrogen (secondary N) is 1. The van der Waals surface area contributed by atoms with Crippen LogP contribution in [0, 0.1) is 5.82 Å². The highest BCUT2D eigenvalue weighted by molar-refractivity contribution is 5.78. The number of likely N-dealkylation sites (N-methyl/N-ethyl adjacent to an activating group) is 1. The summed E-state index contributed by atoms with van der Waals surface area (Å²) in [5.74, 6) is -0.0282. The summed E-state index contributed by atoms with van der Waals surface area (Å²) in [5, 5.41) is 3.40. The fraction of sp³-hybridized carbons (Fsp3) is 0.588. The summed E-state index contributed by atoms with van der Waals surface area (Å²) in [4.78, 5) is 16.5. The minimum absolute atomic E-state index is 0.203. The average molecular weight is 307 g/mol. The molecule has 1 unspecified atom stereocenters. The lowest BCUT2D eigenvalue weighted by Crippen LogP contribution is -2.48. The minimum atomic E-state index is -0.231. The van der Waals surface area contributed by atoms with Gasteiger partial charge in [-0.25, -0.2) is 4.39 Å². The quantitative estimate of drug-likeness (QED) is 0.877. The molecule has 1 aliphatic heterocycles. The largest absolute Gasteiger partial charge is 0.381 e. The van der Waals surface area contributed by atoms with E-state index in [9.17, 15) is 9.18 Å². The third-order valence-corrected chi connectivity index (χ3v) is 4.24. The number of nitrogens with zero attached hydrogens (tertiary/aromatic N) is 2. The number of rotatable bonds is 6. The number of carbonyl (C=O) groups excluding carboxylic acids is 1. The molecule has 122 valence electrons. The van der Waals surface area contributed by atoms with Crippen molar-refractivity contribution < 1.29 is 9.18 Å². The molecule has 1 fully saturated rings. The second-order valence-electron chi connectivity index (χ2n) is 5.79. The van der Waals surface area contributed by atoms with Crippen molar-refractivity contribution in [2.75, 3.05) is 38.0 Å². The Kier molecular flexibility index (Phi) is 6.19. The molecule has 1 aromatic carbocycles. The van der Waals surface area contributed by atoms with Gasteiger partial charge in [0.2, 0.25) is 5.91 Å². The highest BCUT2D eigenvalue weighted by Gasteiger charge is 2.24. The number of piperidine rings is 1. The van der Waals surface area contributed by atoms with E-state index in [0.29, 0.717) is 6.54 Å². The zero-order valence-corrected chi connectivity index (χ0v) is 13.5. The number of halogens is 1. The van der Waals surface area contributed by atoms with Gasteiger partial charge in [-0.05, 0) is 50.2 Å². The standard InChI is InChI=1S/C17H26FN3O/c1-3-20(4-2)13-17(22)21-11-5-6-16(12-21)19-15-9-7-14(18)8-10-15/h7-10,16,19H,3-6,11-13H2,1-2H3. The van der Waals surface area contributed by atoms with E-state index in [-0.39, 0.29) is 17.8 Å². The van der Waals surface area contributed by atoms with E-state index in [4.69, 9.17) is 0 Å². The molecular formula is C17H26FN3O. The van der Waals surface area contributed by atoms with Crippen LogP contribution in [0.1, 0.15) is 26.7 Å². The maximum atomic E-state index is 12.9. The number of benzene rings is 1. The van der Waals surface area contributed by atoms with Crippen LogP contribution in [-0.2, 0) is 4.79 Å². The Bertz CT molecular complexity index is 473. The second kappa shape index (κ2) is 8.13. The van der Waals surface area contributed by atoms with Gasteiger partial charge >= 0.3 is 0 Å². The van der Waals surface area contributed by atoms with Crippen LogP contribution in [-0.4, -0.2) is 54.5 Å². The Hall–Kier alpha value is -1.62. The number of anilines is 1. The summed E-state index contributed by atoms with van der Waals surface area (Å²) in [6.45, 7) is 7.99. The highest BCUT2D eigenvalue weighted by Crippen LogP contribution is 2.17. The Morgan fingerprint density at radius 2 is 2.00 bits per heavy atom. The smallest absolute Gasteiger partial charge is 0.236 e. The van der Waals surface area contributed by atoms with Crippen molar-refractivity contribution >= 4 is 11.6 Å². The third kappa shape index (κ3) is 4.70. The van der Waals surface area contributed by atoms with Crippen molar-refractivity contribution in [2.45, 2.75) is 32.7 Å². The van der Waals surface area contributed by atoms with Crippen LogP contribution in [0.15, 0.2) is 24.3 Å². The van der Waals surface area contributed by atoms with E-state index in [1.807, 2.05) is 4.90 Å². The molecule has 0 saturated carbocycles. The first-order valence-corrected chi connectivity index (χ1v) is 8.14. The molecule has 1 aliphatic rings. The molecule has 4 nitrogen and oxygen atoms in total. The van der Waals surface area contributed by atoms with Gasteiger partial charge in [0.1, 0.15) is 5.82 Å². The Balaban J connectivity index is 1.88. The topological polar surface area (TPSA) is 35.6 Å². The van der Waals surface area contributed by atoms with E-state index >= 15 is 0 Å². The van der Waals surface area contributed by atoms with Crippen molar-refractivity contribution in [3.05, 3.63) is 30.1 Å². The van der Waals surface area contributed by atoms with Crippen molar-refractivity contribution in [3.63, 3.8) is 0 Å². The predicted molar refractivity (Wildman–Crippen MR) is 87.4 cm³/mol. The minimum Gasteiger partial charge on any atom is -0.381 e. The van der Waals surface area contributed by atoms with Crippen molar-refractivity contribution in [1.29, 1.82) is 0 Å². The molecule has 1 N–H and O–H groups in total.